The van der Waals surface area contributed by atoms with Crippen LogP contribution in [0, 0.1) is 13.8 Å². The summed E-state index contributed by atoms with van der Waals surface area (Å²) in [7, 11) is 1.68. The van der Waals surface area contributed by atoms with Crippen LogP contribution in [-0.2, 0) is 0 Å². The Morgan fingerprint density at radius 1 is 1.58 bits per heavy atom. The first-order chi connectivity index (χ1) is 5.69. The van der Waals surface area contributed by atoms with E-state index in [1.54, 1.807) is 7.05 Å². The van der Waals surface area contributed by atoms with Gasteiger partial charge in [-0.1, -0.05) is 0 Å². The van der Waals surface area contributed by atoms with E-state index in [9.17, 15) is 0 Å². The maximum absolute atomic E-state index is 5.32. The van der Waals surface area contributed by atoms with Crippen LogP contribution >= 0.6 is 0 Å². The van der Waals surface area contributed by atoms with Crippen LogP contribution in [0.3, 0.4) is 0 Å². The molecule has 1 aromatic rings. The van der Waals surface area contributed by atoms with Crippen LogP contribution in [0.1, 0.15) is 17.1 Å². The molecule has 12 heavy (non-hydrogen) atoms. The number of hydrogen-bond acceptors (Lipinski definition) is 3. The average Bonchev–Trinajstić information content (AvgIpc) is 2.34. The largest absolute Gasteiger partial charge is 0.466 e. The summed E-state index contributed by atoms with van der Waals surface area (Å²) in [5, 5.41) is 0. The van der Waals surface area contributed by atoms with Crippen LogP contribution < -0.4 is 11.3 Å². The summed E-state index contributed by atoms with van der Waals surface area (Å²) in [5.41, 5.74) is 3.43. The lowest BCUT2D eigenvalue weighted by molar-refractivity contribution is 0.504. The first-order valence-corrected chi connectivity index (χ1v) is 3.70. The molecule has 0 unspecified atom stereocenters. The molecule has 0 saturated carbocycles. The van der Waals surface area contributed by atoms with Crippen molar-refractivity contribution in [1.29, 1.82) is 0 Å². The van der Waals surface area contributed by atoms with E-state index in [4.69, 9.17) is 10.3 Å². The van der Waals surface area contributed by atoms with Crippen molar-refractivity contribution in [2.24, 2.45) is 10.8 Å². The molecule has 0 aliphatic rings. The van der Waals surface area contributed by atoms with Crippen LogP contribution in [0.2, 0.25) is 0 Å². The number of nitrogens with one attached hydrogen (secondary N) is 1. The highest BCUT2D eigenvalue weighted by atomic mass is 16.3. The summed E-state index contributed by atoms with van der Waals surface area (Å²) in [6, 6.07) is 1.90. The Bertz CT molecular complexity index is 301. The fourth-order valence-electron chi connectivity index (χ4n) is 1.13. The Hall–Kier alpha value is -1.29. The van der Waals surface area contributed by atoms with Gasteiger partial charge in [0, 0.05) is 7.05 Å². The minimum atomic E-state index is 0.643. The Balaban J connectivity index is 3.09. The molecule has 0 amide bonds. The van der Waals surface area contributed by atoms with E-state index in [-0.39, 0.29) is 0 Å². The van der Waals surface area contributed by atoms with Gasteiger partial charge in [-0.3, -0.25) is 4.99 Å². The summed E-state index contributed by atoms with van der Waals surface area (Å²) in [6.07, 6.45) is 0. The molecule has 0 radical (unpaired) electrons. The van der Waals surface area contributed by atoms with Crippen molar-refractivity contribution in [2.75, 3.05) is 7.05 Å². The molecule has 0 spiro atoms. The molecule has 3 N–H and O–H groups in total. The minimum absolute atomic E-state index is 0.643. The molecule has 0 bridgehead atoms. The Labute approximate surface area is 71.4 Å². The van der Waals surface area contributed by atoms with Gasteiger partial charge in [-0.05, 0) is 19.9 Å². The predicted molar refractivity (Wildman–Crippen MR) is 48.0 cm³/mol. The topological polar surface area (TPSA) is 63.5 Å². The maximum atomic E-state index is 5.32. The Morgan fingerprint density at radius 2 is 2.25 bits per heavy atom. The van der Waals surface area contributed by atoms with Gasteiger partial charge in [0.15, 0.2) is 0 Å². The standard InChI is InChI=1S/C8H13N3O/c1-5-4-7(6(2)12-5)8(10-3)11-9/h4H,9H2,1-3H3,(H,10,11). The van der Waals surface area contributed by atoms with Gasteiger partial charge in [0.1, 0.15) is 17.4 Å². The van der Waals surface area contributed by atoms with Crippen LogP contribution in [0.4, 0.5) is 0 Å². The van der Waals surface area contributed by atoms with E-state index in [2.05, 4.69) is 10.4 Å². The number of nitrogens with two attached hydrogens (primary N) is 1. The van der Waals surface area contributed by atoms with E-state index in [1.807, 2.05) is 19.9 Å². The van der Waals surface area contributed by atoms with Crippen molar-refractivity contribution in [3.8, 4) is 0 Å². The lowest BCUT2D eigenvalue weighted by Gasteiger charge is -2.00. The lowest BCUT2D eigenvalue weighted by atomic mass is 10.2. The molecular weight excluding hydrogens is 154 g/mol. The zero-order valence-electron chi connectivity index (χ0n) is 7.51. The van der Waals surface area contributed by atoms with Crippen molar-refractivity contribution in [3.05, 3.63) is 23.2 Å². The Kier molecular flexibility index (Phi) is 2.50. The van der Waals surface area contributed by atoms with E-state index in [0.717, 1.165) is 17.1 Å². The third kappa shape index (κ3) is 1.48. The molecule has 66 valence electrons. The first-order valence-electron chi connectivity index (χ1n) is 3.70. The van der Waals surface area contributed by atoms with Gasteiger partial charge >= 0.3 is 0 Å². The van der Waals surface area contributed by atoms with E-state index in [0.29, 0.717) is 5.84 Å². The zero-order valence-corrected chi connectivity index (χ0v) is 7.51. The van der Waals surface area contributed by atoms with Gasteiger partial charge in [-0.15, -0.1) is 0 Å². The number of rotatable bonds is 1. The van der Waals surface area contributed by atoms with Crippen molar-refractivity contribution < 1.29 is 4.42 Å². The Morgan fingerprint density at radius 3 is 2.58 bits per heavy atom. The number of furan rings is 1. The fraction of sp³-hybridized carbons (Fsp3) is 0.375. The molecule has 0 aromatic carbocycles. The number of amidine groups is 1. The molecular formula is C8H13N3O. The molecule has 0 saturated heterocycles. The molecule has 1 rings (SSSR count). The number of aliphatic imine (C=N–C) groups is 1. The molecule has 0 fully saturated rings. The average molecular weight is 167 g/mol. The van der Waals surface area contributed by atoms with Gasteiger partial charge in [0.05, 0.1) is 5.56 Å². The minimum Gasteiger partial charge on any atom is -0.466 e. The van der Waals surface area contributed by atoms with Crippen LogP contribution in [-0.4, -0.2) is 12.9 Å². The highest BCUT2D eigenvalue weighted by molar-refractivity contribution is 5.99. The number of hydrazine groups is 1. The molecule has 4 nitrogen and oxygen atoms in total. The van der Waals surface area contributed by atoms with Crippen molar-refractivity contribution in [1.82, 2.24) is 5.43 Å². The van der Waals surface area contributed by atoms with Gasteiger partial charge in [0.25, 0.3) is 0 Å². The first kappa shape index (κ1) is 8.80. The van der Waals surface area contributed by atoms with Crippen molar-refractivity contribution in [3.63, 3.8) is 0 Å². The van der Waals surface area contributed by atoms with Crippen molar-refractivity contribution in [2.45, 2.75) is 13.8 Å². The molecule has 0 aliphatic carbocycles. The third-order valence-corrected chi connectivity index (χ3v) is 1.66. The van der Waals surface area contributed by atoms with Gasteiger partial charge in [-0.25, -0.2) is 5.84 Å². The number of aryl methyl sites for hydroxylation is 2. The summed E-state index contributed by atoms with van der Waals surface area (Å²) in [4.78, 5) is 3.97. The summed E-state index contributed by atoms with van der Waals surface area (Å²) >= 11 is 0. The molecule has 0 aliphatic heterocycles. The van der Waals surface area contributed by atoms with Gasteiger partial charge in [-0.2, -0.15) is 0 Å². The lowest BCUT2D eigenvalue weighted by Crippen LogP contribution is -2.31. The molecule has 0 atom stereocenters. The summed E-state index contributed by atoms with van der Waals surface area (Å²) < 4.78 is 5.32. The fourth-order valence-corrected chi connectivity index (χ4v) is 1.13. The van der Waals surface area contributed by atoms with Crippen LogP contribution in [0.15, 0.2) is 15.5 Å². The van der Waals surface area contributed by atoms with E-state index >= 15 is 0 Å². The third-order valence-electron chi connectivity index (χ3n) is 1.66. The quantitative estimate of drug-likeness (QED) is 0.280. The highest BCUT2D eigenvalue weighted by Gasteiger charge is 2.08. The van der Waals surface area contributed by atoms with E-state index in [1.165, 1.54) is 0 Å². The zero-order chi connectivity index (χ0) is 9.14. The SMILES string of the molecule is CN=C(NN)c1cc(C)oc1C. The molecule has 1 aromatic heterocycles. The second-order valence-electron chi connectivity index (χ2n) is 2.54. The summed E-state index contributed by atoms with van der Waals surface area (Å²) in [5.74, 6) is 7.60. The number of hydrogen-bond donors (Lipinski definition) is 2. The maximum Gasteiger partial charge on any atom is 0.145 e. The highest BCUT2D eigenvalue weighted by Crippen LogP contribution is 2.13. The van der Waals surface area contributed by atoms with Crippen LogP contribution in [0.25, 0.3) is 0 Å². The molecule has 4 heteroatoms. The van der Waals surface area contributed by atoms with Gasteiger partial charge in [0.2, 0.25) is 0 Å². The second kappa shape index (κ2) is 3.40. The molecule has 1 heterocycles. The van der Waals surface area contributed by atoms with Crippen molar-refractivity contribution >= 4 is 5.84 Å². The number of nitrogens with zero attached hydrogens (tertiary/aromatic N) is 1. The normalized spacial score (nSPS) is 11.8. The second-order valence-corrected chi connectivity index (χ2v) is 2.54. The van der Waals surface area contributed by atoms with E-state index < -0.39 is 0 Å². The monoisotopic (exact) mass is 167 g/mol. The summed E-state index contributed by atoms with van der Waals surface area (Å²) in [6.45, 7) is 3.77. The van der Waals surface area contributed by atoms with Gasteiger partial charge < -0.3 is 9.84 Å². The smallest absolute Gasteiger partial charge is 0.145 e. The van der Waals surface area contributed by atoms with Crippen LogP contribution in [0.5, 0.6) is 0 Å². The predicted octanol–water partition coefficient (Wildman–Crippen LogP) is 0.736.